The molecule has 1 aliphatic carbocycles. The lowest BCUT2D eigenvalue weighted by atomic mass is 9.86. The van der Waals surface area contributed by atoms with Gasteiger partial charge in [0.15, 0.2) is 0 Å². The van der Waals surface area contributed by atoms with Gasteiger partial charge in [-0.15, -0.1) is 0 Å². The number of hydrogen-bond donors (Lipinski definition) is 3. The number of carbonyl (C=O) groups excluding carboxylic acids is 2. The van der Waals surface area contributed by atoms with Crippen LogP contribution in [-0.2, 0) is 27.4 Å². The first-order chi connectivity index (χ1) is 15.8. The number of ether oxygens (including phenoxy) is 1. The number of aromatic amines is 1. The molecule has 2 amide bonds. The van der Waals surface area contributed by atoms with Crippen molar-refractivity contribution in [3.05, 3.63) is 29.6 Å². The van der Waals surface area contributed by atoms with Gasteiger partial charge in [-0.05, 0) is 41.9 Å². The minimum Gasteiger partial charge on any atom is -0.377 e. The summed E-state index contributed by atoms with van der Waals surface area (Å²) >= 11 is 0. The molecule has 1 saturated carbocycles. The van der Waals surface area contributed by atoms with E-state index in [1.54, 1.807) is 0 Å². The average Bonchev–Trinajstić information content (AvgIpc) is 3.44. The van der Waals surface area contributed by atoms with E-state index in [1.807, 2.05) is 19.1 Å². The first kappa shape index (κ1) is 25.2. The first-order valence-electron chi connectivity index (χ1n) is 12.0. The Labute approximate surface area is 196 Å². The van der Waals surface area contributed by atoms with Crippen LogP contribution in [0.2, 0.25) is 0 Å². The molecule has 1 atom stereocenters. The molecule has 1 heterocycles. The molecule has 0 radical (unpaired) electrons. The number of aromatic nitrogens is 2. The molecule has 3 N–H and O–H groups in total. The van der Waals surface area contributed by atoms with Crippen molar-refractivity contribution in [2.45, 2.75) is 65.9 Å². The van der Waals surface area contributed by atoms with Crippen LogP contribution in [-0.4, -0.2) is 52.3 Å². The number of carbonyl (C=O) groups is 2. The maximum Gasteiger partial charge on any atom is 0.233 e. The average molecular weight is 459 g/mol. The molecular formula is C25H38N4O4. The quantitative estimate of drug-likeness (QED) is 0.240. The van der Waals surface area contributed by atoms with Gasteiger partial charge in [-0.2, -0.15) is 0 Å². The molecule has 0 spiro atoms. The monoisotopic (exact) mass is 458 g/mol. The normalized spacial score (nSPS) is 15.6. The number of nitrogens with zero attached hydrogens (tertiary/aromatic N) is 2. The Morgan fingerprint density at radius 1 is 1.39 bits per heavy atom. The maximum atomic E-state index is 12.7. The molecule has 0 bridgehead atoms. The fraction of sp³-hybridized carbons (Fsp3) is 0.640. The van der Waals surface area contributed by atoms with Crippen LogP contribution in [0.1, 0.15) is 64.3 Å². The van der Waals surface area contributed by atoms with Crippen molar-refractivity contribution in [3.8, 4) is 0 Å². The van der Waals surface area contributed by atoms with Crippen LogP contribution in [0.5, 0.6) is 0 Å². The van der Waals surface area contributed by atoms with E-state index in [2.05, 4.69) is 30.2 Å². The Bertz CT molecular complexity index is 920. The van der Waals surface area contributed by atoms with Gasteiger partial charge in [0.1, 0.15) is 5.82 Å². The van der Waals surface area contributed by atoms with Gasteiger partial charge >= 0.3 is 0 Å². The Kier molecular flexibility index (Phi) is 8.86. The molecule has 1 unspecified atom stereocenters. The topological polar surface area (TPSA) is 108 Å². The van der Waals surface area contributed by atoms with Gasteiger partial charge in [0.2, 0.25) is 12.3 Å². The van der Waals surface area contributed by atoms with Crippen molar-refractivity contribution in [1.82, 2.24) is 20.3 Å². The molecule has 8 heteroatoms. The zero-order chi connectivity index (χ0) is 23.8. The van der Waals surface area contributed by atoms with Crippen molar-refractivity contribution in [2.75, 3.05) is 19.7 Å². The SMILES string of the molecule is CCOCc1ccc2nc(CC(C)(C)CNC(=O)CC(CN(O)C=O)C3CCCC3)[nH]c2c1. The highest BCUT2D eigenvalue weighted by Gasteiger charge is 2.29. The number of amides is 2. The van der Waals surface area contributed by atoms with E-state index in [4.69, 9.17) is 9.72 Å². The standard InChI is InChI=1S/C25H38N4O4/c1-4-33-15-18-9-10-21-22(11-18)28-23(27-21)13-25(2,3)16-26-24(31)12-20(14-29(32)17-30)19-7-5-6-8-19/h9-11,17,19-20,32H,4-8,12-16H2,1-3H3,(H,26,31)(H,27,28). The molecule has 1 fully saturated rings. The van der Waals surface area contributed by atoms with E-state index in [0.29, 0.717) is 50.0 Å². The molecule has 1 aromatic carbocycles. The fourth-order valence-corrected chi connectivity index (χ4v) is 4.76. The van der Waals surface area contributed by atoms with Crippen LogP contribution in [0, 0.1) is 17.3 Å². The van der Waals surface area contributed by atoms with Crippen molar-refractivity contribution in [1.29, 1.82) is 0 Å². The number of hydroxylamine groups is 2. The van der Waals surface area contributed by atoms with Crippen molar-refractivity contribution >= 4 is 23.4 Å². The second-order valence-corrected chi connectivity index (χ2v) is 10.0. The first-order valence-corrected chi connectivity index (χ1v) is 12.0. The molecule has 1 aliphatic rings. The number of H-pyrrole nitrogens is 1. The van der Waals surface area contributed by atoms with E-state index >= 15 is 0 Å². The van der Waals surface area contributed by atoms with Crippen LogP contribution in [0.3, 0.4) is 0 Å². The van der Waals surface area contributed by atoms with Crippen LogP contribution in [0.25, 0.3) is 11.0 Å². The number of imidazole rings is 1. The Morgan fingerprint density at radius 3 is 2.85 bits per heavy atom. The summed E-state index contributed by atoms with van der Waals surface area (Å²) in [6.07, 6.45) is 5.82. The van der Waals surface area contributed by atoms with E-state index in [0.717, 1.165) is 48.1 Å². The highest BCUT2D eigenvalue weighted by molar-refractivity contribution is 5.76. The summed E-state index contributed by atoms with van der Waals surface area (Å²) in [7, 11) is 0. The molecule has 3 rings (SSSR count). The fourth-order valence-electron chi connectivity index (χ4n) is 4.76. The molecule has 8 nitrogen and oxygen atoms in total. The van der Waals surface area contributed by atoms with Gasteiger partial charge in [-0.25, -0.2) is 10.0 Å². The zero-order valence-corrected chi connectivity index (χ0v) is 20.1. The predicted molar refractivity (Wildman–Crippen MR) is 127 cm³/mol. The summed E-state index contributed by atoms with van der Waals surface area (Å²) in [6.45, 7) is 8.19. The van der Waals surface area contributed by atoms with Crippen molar-refractivity contribution in [2.24, 2.45) is 17.3 Å². The van der Waals surface area contributed by atoms with Crippen molar-refractivity contribution in [3.63, 3.8) is 0 Å². The molecule has 2 aromatic rings. The summed E-state index contributed by atoms with van der Waals surface area (Å²) in [5.74, 6) is 1.21. The molecular weight excluding hydrogens is 420 g/mol. The Balaban J connectivity index is 1.54. The van der Waals surface area contributed by atoms with Gasteiger partial charge in [-0.1, -0.05) is 45.6 Å². The van der Waals surface area contributed by atoms with Crippen LogP contribution >= 0.6 is 0 Å². The lowest BCUT2D eigenvalue weighted by Crippen LogP contribution is -2.38. The smallest absolute Gasteiger partial charge is 0.233 e. The summed E-state index contributed by atoms with van der Waals surface area (Å²) in [4.78, 5) is 31.7. The summed E-state index contributed by atoms with van der Waals surface area (Å²) in [5.41, 5.74) is 2.84. The molecule has 0 saturated heterocycles. The molecule has 33 heavy (non-hydrogen) atoms. The summed E-state index contributed by atoms with van der Waals surface area (Å²) in [5, 5.41) is 13.4. The number of fused-ring (bicyclic) bond motifs is 1. The zero-order valence-electron chi connectivity index (χ0n) is 20.1. The minimum atomic E-state index is -0.188. The number of benzene rings is 1. The molecule has 182 valence electrons. The van der Waals surface area contributed by atoms with Crippen LogP contribution in [0.4, 0.5) is 0 Å². The number of hydrogen-bond acceptors (Lipinski definition) is 5. The highest BCUT2D eigenvalue weighted by atomic mass is 16.5. The van der Waals surface area contributed by atoms with E-state index in [1.165, 1.54) is 0 Å². The minimum absolute atomic E-state index is 0.0212. The van der Waals surface area contributed by atoms with Gasteiger partial charge < -0.3 is 15.0 Å². The van der Waals surface area contributed by atoms with Gasteiger partial charge in [0.25, 0.3) is 0 Å². The third-order valence-electron chi connectivity index (χ3n) is 6.54. The number of nitrogens with one attached hydrogen (secondary N) is 2. The third-order valence-corrected chi connectivity index (χ3v) is 6.54. The van der Waals surface area contributed by atoms with Gasteiger partial charge in [-0.3, -0.25) is 14.8 Å². The van der Waals surface area contributed by atoms with E-state index in [9.17, 15) is 14.8 Å². The molecule has 0 aliphatic heterocycles. The summed E-state index contributed by atoms with van der Waals surface area (Å²) in [6, 6.07) is 6.11. The van der Waals surface area contributed by atoms with E-state index in [-0.39, 0.29) is 23.8 Å². The Morgan fingerprint density at radius 2 is 2.15 bits per heavy atom. The lowest BCUT2D eigenvalue weighted by Gasteiger charge is -2.27. The van der Waals surface area contributed by atoms with E-state index < -0.39 is 0 Å². The summed E-state index contributed by atoms with van der Waals surface area (Å²) < 4.78 is 5.49. The van der Waals surface area contributed by atoms with Crippen LogP contribution < -0.4 is 5.32 Å². The second-order valence-electron chi connectivity index (χ2n) is 10.0. The maximum absolute atomic E-state index is 12.7. The highest BCUT2D eigenvalue weighted by Crippen LogP contribution is 2.33. The lowest BCUT2D eigenvalue weighted by molar-refractivity contribution is -0.154. The molecule has 1 aromatic heterocycles. The van der Waals surface area contributed by atoms with Gasteiger partial charge in [0.05, 0.1) is 24.2 Å². The van der Waals surface area contributed by atoms with Crippen LogP contribution in [0.15, 0.2) is 18.2 Å². The van der Waals surface area contributed by atoms with Crippen molar-refractivity contribution < 1.29 is 19.5 Å². The largest absolute Gasteiger partial charge is 0.377 e. The predicted octanol–water partition coefficient (Wildman–Crippen LogP) is 3.83. The number of rotatable bonds is 13. The Hall–Kier alpha value is -2.45. The third kappa shape index (κ3) is 7.54. The van der Waals surface area contributed by atoms with Gasteiger partial charge in [0, 0.05) is 26.0 Å². The second kappa shape index (κ2) is 11.6.